The molecule has 6 amide bonds. The lowest BCUT2D eigenvalue weighted by Gasteiger charge is -2.27. The Kier molecular flexibility index (Phi) is 29.0. The maximum absolute atomic E-state index is 13.5. The van der Waals surface area contributed by atoms with Gasteiger partial charge >= 0.3 is 0 Å². The molecule has 2 atom stereocenters. The van der Waals surface area contributed by atoms with Crippen LogP contribution in [0.5, 0.6) is 0 Å². The first-order chi connectivity index (χ1) is 32.0. The number of aliphatic hydroxyl groups excluding tert-OH is 6. The zero-order chi connectivity index (χ0) is 51.5. The van der Waals surface area contributed by atoms with Gasteiger partial charge in [0.2, 0.25) is 0 Å². The summed E-state index contributed by atoms with van der Waals surface area (Å²) in [7, 11) is 0. The lowest BCUT2D eigenvalue weighted by Crippen LogP contribution is -2.52. The first-order valence-corrected chi connectivity index (χ1v) is 26.8. The first-order valence-electron chi connectivity index (χ1n) is 20.3. The van der Waals surface area contributed by atoms with Gasteiger partial charge in [-0.25, -0.2) is 0 Å². The molecule has 2 unspecified atom stereocenters. The van der Waals surface area contributed by atoms with Crippen molar-refractivity contribution in [2.45, 2.75) is 51.0 Å². The predicted octanol–water partition coefficient (Wildman–Crippen LogP) is 1.13. The standard InChI is InChI=1S/C40H54I6N6O16/c1-19(57)33(59)49-31-27(43)21(25(41)23(29(31)45)37(63)51-39(3,15-53)16-54)35(61)47-5-7-65-9-11-67-13-14-68-12-10-66-8-6-48-36(62)22-26(42)24(38(64)52-40(4,17-55)18-56)30(46)32(28(22)44)50-34(60)20(2)58/h19-20,53-58H,5-18H2,1-4H3,(H,47,61)(H,48,62)(H,49,59)(H,50,60)(H,51,63)(H,52,64). The summed E-state index contributed by atoms with van der Waals surface area (Å²) in [6.45, 7) is 4.92. The molecule has 0 aromatic heterocycles. The minimum absolute atomic E-state index is 0.0235. The third kappa shape index (κ3) is 18.6. The minimum Gasteiger partial charge on any atom is -0.394 e. The lowest BCUT2D eigenvalue weighted by molar-refractivity contribution is -0.123. The van der Waals surface area contributed by atoms with Crippen LogP contribution in [-0.4, -0.2) is 182 Å². The Bertz CT molecular complexity index is 1970. The summed E-state index contributed by atoms with van der Waals surface area (Å²) < 4.78 is 23.9. The highest BCUT2D eigenvalue weighted by atomic mass is 127. The van der Waals surface area contributed by atoms with Gasteiger partial charge in [-0.2, -0.15) is 0 Å². The van der Waals surface area contributed by atoms with Crippen molar-refractivity contribution < 1.29 is 78.4 Å². The monoisotopic (exact) mass is 1640 g/mol. The fourth-order valence-corrected chi connectivity index (χ4v) is 14.0. The molecule has 0 spiro atoms. The number of aliphatic hydroxyl groups is 6. The van der Waals surface area contributed by atoms with Gasteiger partial charge in [-0.3, -0.25) is 28.8 Å². The van der Waals surface area contributed by atoms with Crippen molar-refractivity contribution in [3.63, 3.8) is 0 Å². The maximum atomic E-state index is 13.5. The van der Waals surface area contributed by atoms with Crippen molar-refractivity contribution in [3.8, 4) is 0 Å². The number of halogens is 6. The Hall–Kier alpha value is -0.760. The van der Waals surface area contributed by atoms with E-state index in [1.54, 1.807) is 0 Å². The van der Waals surface area contributed by atoms with Crippen LogP contribution in [0, 0.1) is 21.4 Å². The Labute approximate surface area is 474 Å². The molecule has 22 nitrogen and oxygen atoms in total. The van der Waals surface area contributed by atoms with Crippen LogP contribution in [0.15, 0.2) is 0 Å². The van der Waals surface area contributed by atoms with Gasteiger partial charge in [0.05, 0.1) is 138 Å². The molecule has 0 fully saturated rings. The number of rotatable bonds is 29. The van der Waals surface area contributed by atoms with E-state index in [-0.39, 0.29) is 114 Å². The molecule has 0 saturated carbocycles. The van der Waals surface area contributed by atoms with E-state index in [1.807, 2.05) is 136 Å². The number of carbonyl (C=O) groups excluding carboxylic acids is 6. The van der Waals surface area contributed by atoms with Gasteiger partial charge in [-0.05, 0) is 163 Å². The molecule has 0 bridgehead atoms. The highest BCUT2D eigenvalue weighted by Crippen LogP contribution is 2.37. The number of amides is 6. The van der Waals surface area contributed by atoms with Gasteiger partial charge < -0.3 is 81.5 Å². The van der Waals surface area contributed by atoms with Crippen LogP contribution < -0.4 is 31.9 Å². The summed E-state index contributed by atoms with van der Waals surface area (Å²) >= 11 is 11.2. The van der Waals surface area contributed by atoms with Gasteiger partial charge in [0.1, 0.15) is 12.2 Å². The number of ether oxygens (including phenoxy) is 4. The molecule has 0 aliphatic rings. The normalized spacial score (nSPS) is 12.5. The number of hydrogen-bond donors (Lipinski definition) is 12. The molecule has 68 heavy (non-hydrogen) atoms. The van der Waals surface area contributed by atoms with Gasteiger partial charge in [0.25, 0.3) is 35.4 Å². The van der Waals surface area contributed by atoms with E-state index in [0.717, 1.165) is 0 Å². The number of carbonyl (C=O) groups is 6. The summed E-state index contributed by atoms with van der Waals surface area (Å²) in [5.41, 5.74) is -2.27. The summed E-state index contributed by atoms with van der Waals surface area (Å²) in [5.74, 6) is -4.06. The topological polar surface area (TPSA) is 333 Å². The molecule has 28 heteroatoms. The van der Waals surface area contributed by atoms with E-state index >= 15 is 0 Å². The van der Waals surface area contributed by atoms with Crippen LogP contribution >= 0.6 is 136 Å². The van der Waals surface area contributed by atoms with Crippen LogP contribution in [0.3, 0.4) is 0 Å². The van der Waals surface area contributed by atoms with Gasteiger partial charge in [-0.1, -0.05) is 0 Å². The quantitative estimate of drug-likeness (QED) is 0.0401. The maximum Gasteiger partial charge on any atom is 0.254 e. The fourth-order valence-electron chi connectivity index (χ4n) is 5.14. The zero-order valence-corrected chi connectivity index (χ0v) is 50.0. The molecule has 0 aliphatic heterocycles. The number of benzene rings is 2. The number of anilines is 2. The zero-order valence-electron chi connectivity index (χ0n) is 37.1. The number of hydrogen-bond acceptors (Lipinski definition) is 16. The molecule has 0 heterocycles. The summed E-state index contributed by atoms with van der Waals surface area (Å²) in [6.07, 6.45) is -2.77. The first kappa shape index (κ1) is 63.4. The molecule has 2 aromatic carbocycles. The summed E-state index contributed by atoms with van der Waals surface area (Å²) in [6, 6.07) is 0. The highest BCUT2D eigenvalue weighted by molar-refractivity contribution is 14.1. The molecule has 0 radical (unpaired) electrons. The van der Waals surface area contributed by atoms with Crippen molar-refractivity contribution in [1.29, 1.82) is 0 Å². The van der Waals surface area contributed by atoms with Gasteiger partial charge in [0.15, 0.2) is 0 Å². The van der Waals surface area contributed by atoms with Crippen LogP contribution in [0.1, 0.15) is 69.1 Å². The van der Waals surface area contributed by atoms with E-state index < -0.39 is 85.2 Å². The van der Waals surface area contributed by atoms with Gasteiger partial charge in [-0.15, -0.1) is 0 Å². The molecular weight excluding hydrogens is 1580 g/mol. The molecule has 2 aromatic rings. The molecular formula is C40H54I6N6O16. The Morgan fingerprint density at radius 1 is 0.456 bits per heavy atom. The van der Waals surface area contributed by atoms with E-state index in [9.17, 15) is 59.4 Å². The van der Waals surface area contributed by atoms with E-state index in [1.165, 1.54) is 27.7 Å². The smallest absolute Gasteiger partial charge is 0.254 e. The molecule has 12 N–H and O–H groups in total. The SMILES string of the molecule is CC(O)C(=O)Nc1c(I)c(C(=O)NCCOCCOCCOCCOCCNC(=O)c2c(I)c(NC(=O)C(C)O)c(I)c(C(=O)NC(C)(CO)CO)c2I)c(I)c(C(=O)NC(C)(CO)CO)c1I. The van der Waals surface area contributed by atoms with Crippen molar-refractivity contribution in [2.24, 2.45) is 0 Å². The Balaban J connectivity index is 1.83. The lowest BCUT2D eigenvalue weighted by atomic mass is 10.0. The Morgan fingerprint density at radius 2 is 0.706 bits per heavy atom. The second kappa shape index (κ2) is 31.1. The minimum atomic E-state index is -1.39. The molecule has 2 rings (SSSR count). The van der Waals surface area contributed by atoms with Crippen LogP contribution in [0.25, 0.3) is 0 Å². The average Bonchev–Trinajstić information content (AvgIpc) is 3.28. The largest absolute Gasteiger partial charge is 0.394 e. The highest BCUT2D eigenvalue weighted by Gasteiger charge is 2.34. The predicted molar refractivity (Wildman–Crippen MR) is 298 cm³/mol. The van der Waals surface area contributed by atoms with Crippen LogP contribution in [0.4, 0.5) is 11.4 Å². The molecule has 0 saturated heterocycles. The number of nitrogens with one attached hydrogen (secondary N) is 6. The molecule has 382 valence electrons. The third-order valence-electron chi connectivity index (χ3n) is 9.20. The van der Waals surface area contributed by atoms with E-state index in [4.69, 9.17) is 18.9 Å². The van der Waals surface area contributed by atoms with Crippen molar-refractivity contribution in [1.82, 2.24) is 21.3 Å². The van der Waals surface area contributed by atoms with Crippen molar-refractivity contribution in [2.75, 3.05) is 103 Å². The second-order valence-electron chi connectivity index (χ2n) is 15.1. The van der Waals surface area contributed by atoms with Crippen LogP contribution in [-0.2, 0) is 28.5 Å². The third-order valence-corrected chi connectivity index (χ3v) is 15.7. The molecule has 0 aliphatic carbocycles. The summed E-state index contributed by atoms with van der Waals surface area (Å²) in [4.78, 5) is 78.7. The van der Waals surface area contributed by atoms with Crippen LogP contribution in [0.2, 0.25) is 0 Å². The van der Waals surface area contributed by atoms with E-state index in [0.29, 0.717) is 7.14 Å². The van der Waals surface area contributed by atoms with Crippen molar-refractivity contribution >= 4 is 182 Å². The summed E-state index contributed by atoms with van der Waals surface area (Å²) in [5, 5.41) is 74.3. The second-order valence-corrected chi connectivity index (χ2v) is 21.6. The van der Waals surface area contributed by atoms with Gasteiger partial charge in [0, 0.05) is 20.2 Å². The Morgan fingerprint density at radius 3 is 0.956 bits per heavy atom. The average molecular weight is 1640 g/mol. The van der Waals surface area contributed by atoms with Crippen molar-refractivity contribution in [3.05, 3.63) is 43.7 Å². The fraction of sp³-hybridized carbons (Fsp3) is 0.550. The van der Waals surface area contributed by atoms with E-state index in [2.05, 4.69) is 31.9 Å².